The van der Waals surface area contributed by atoms with E-state index in [0.29, 0.717) is 35.3 Å². The van der Waals surface area contributed by atoms with Crippen LogP contribution in [0.2, 0.25) is 0 Å². The first-order chi connectivity index (χ1) is 14.1. The molecule has 1 aromatic rings. The Hall–Kier alpha value is -2.11. The second kappa shape index (κ2) is 8.94. The van der Waals surface area contributed by atoms with Crippen LogP contribution >= 0.6 is 0 Å². The van der Waals surface area contributed by atoms with Crippen LogP contribution in [-0.2, 0) is 9.59 Å². The Bertz CT molecular complexity index is 778. The van der Waals surface area contributed by atoms with Crippen LogP contribution < -0.4 is 11.1 Å². The molecule has 6 nitrogen and oxygen atoms in total. The van der Waals surface area contributed by atoms with Crippen molar-refractivity contribution in [3.8, 4) is 0 Å². The predicted octanol–water partition coefficient (Wildman–Crippen LogP) is 4.39. The molecule has 0 unspecified atom stereocenters. The second-order valence-electron chi connectivity index (χ2n) is 10.6. The van der Waals surface area contributed by atoms with Crippen LogP contribution in [0, 0.1) is 30.1 Å². The summed E-state index contributed by atoms with van der Waals surface area (Å²) in [6.07, 6.45) is 8.33. The number of nitrogens with two attached hydrogens (primary N) is 1. The summed E-state index contributed by atoms with van der Waals surface area (Å²) in [7, 11) is 0. The first-order valence-corrected chi connectivity index (χ1v) is 11.4. The Morgan fingerprint density at radius 3 is 2.40 bits per heavy atom. The number of nitrogen functional groups attached to an aromatic ring is 1. The quantitative estimate of drug-likeness (QED) is 0.703. The van der Waals surface area contributed by atoms with E-state index >= 15 is 0 Å². The van der Waals surface area contributed by atoms with E-state index in [1.165, 1.54) is 19.0 Å². The van der Waals surface area contributed by atoms with Crippen LogP contribution in [0.4, 0.5) is 11.5 Å². The number of aromatic nitrogens is 1. The van der Waals surface area contributed by atoms with E-state index in [-0.39, 0.29) is 6.04 Å². The summed E-state index contributed by atoms with van der Waals surface area (Å²) in [4.78, 5) is 31.8. The zero-order valence-electron chi connectivity index (χ0n) is 19.2. The Kier molecular flexibility index (Phi) is 6.73. The minimum atomic E-state index is -0.580. The number of aryl methyl sites for hydroxylation is 1. The number of rotatable bonds is 2. The van der Waals surface area contributed by atoms with Crippen LogP contribution in [0.25, 0.3) is 0 Å². The van der Waals surface area contributed by atoms with Gasteiger partial charge in [0.05, 0.1) is 11.9 Å². The van der Waals surface area contributed by atoms with E-state index < -0.39 is 11.8 Å². The monoisotopic (exact) mass is 414 g/mol. The van der Waals surface area contributed by atoms with Crippen molar-refractivity contribution < 1.29 is 9.59 Å². The van der Waals surface area contributed by atoms with Gasteiger partial charge in [-0.15, -0.1) is 0 Å². The highest BCUT2D eigenvalue weighted by molar-refractivity contribution is 6.39. The molecule has 1 aromatic heterocycles. The minimum absolute atomic E-state index is 0.173. The average molecular weight is 415 g/mol. The number of anilines is 2. The number of nitrogens with zero attached hydrogens (tertiary/aromatic N) is 2. The van der Waals surface area contributed by atoms with Gasteiger partial charge < -0.3 is 16.0 Å². The maximum atomic E-state index is 13.1. The zero-order valence-corrected chi connectivity index (χ0v) is 19.2. The van der Waals surface area contributed by atoms with Crippen LogP contribution in [-0.4, -0.2) is 34.3 Å². The number of amides is 2. The van der Waals surface area contributed by atoms with E-state index in [1.54, 1.807) is 6.07 Å². The number of hydrogen-bond donors (Lipinski definition) is 2. The third-order valence-electron chi connectivity index (χ3n) is 7.24. The molecular weight excluding hydrogens is 376 g/mol. The lowest BCUT2D eigenvalue weighted by Crippen LogP contribution is -2.53. The molecule has 2 atom stereocenters. The number of piperidine rings is 1. The van der Waals surface area contributed by atoms with Crippen LogP contribution in [0.15, 0.2) is 12.3 Å². The molecule has 166 valence electrons. The Balaban J connectivity index is 1.68. The molecule has 1 saturated heterocycles. The van der Waals surface area contributed by atoms with Crippen molar-refractivity contribution in [3.05, 3.63) is 17.8 Å². The zero-order chi connectivity index (χ0) is 22.1. The lowest BCUT2D eigenvalue weighted by Gasteiger charge is -2.46. The normalized spacial score (nSPS) is 27.6. The van der Waals surface area contributed by atoms with Crippen molar-refractivity contribution in [2.24, 2.45) is 23.2 Å². The summed E-state index contributed by atoms with van der Waals surface area (Å²) in [6, 6.07) is 1.92. The van der Waals surface area contributed by atoms with Gasteiger partial charge in [-0.05, 0) is 80.2 Å². The van der Waals surface area contributed by atoms with Gasteiger partial charge in [0.1, 0.15) is 5.82 Å². The number of likely N-dealkylation sites (tertiary alicyclic amines) is 1. The Morgan fingerprint density at radius 1 is 1.13 bits per heavy atom. The SMILES string of the molecule is Cc1cc(NC(=O)C(=O)N2C[C@H](C)CC[C@H]2[C@H]2CC[C@H](C(C)(C)C)CC2)cnc1N. The van der Waals surface area contributed by atoms with Gasteiger partial charge >= 0.3 is 11.8 Å². The van der Waals surface area contributed by atoms with E-state index in [4.69, 9.17) is 5.73 Å². The highest BCUT2D eigenvalue weighted by atomic mass is 16.2. The van der Waals surface area contributed by atoms with Crippen LogP contribution in [0.3, 0.4) is 0 Å². The number of carbonyl (C=O) groups is 2. The summed E-state index contributed by atoms with van der Waals surface area (Å²) < 4.78 is 0. The summed E-state index contributed by atoms with van der Waals surface area (Å²) in [5.41, 5.74) is 7.37. The van der Waals surface area contributed by atoms with Gasteiger partial charge in [-0.1, -0.05) is 27.7 Å². The van der Waals surface area contributed by atoms with Crippen molar-refractivity contribution in [1.29, 1.82) is 0 Å². The molecule has 3 rings (SSSR count). The summed E-state index contributed by atoms with van der Waals surface area (Å²) in [6.45, 7) is 11.6. The molecule has 0 spiro atoms. The maximum absolute atomic E-state index is 13.1. The smallest absolute Gasteiger partial charge is 0.313 e. The molecule has 0 aromatic carbocycles. The second-order valence-corrected chi connectivity index (χ2v) is 10.6. The van der Waals surface area contributed by atoms with Crippen molar-refractivity contribution >= 4 is 23.3 Å². The Morgan fingerprint density at radius 2 is 1.80 bits per heavy atom. The van der Waals surface area contributed by atoms with Gasteiger partial charge in [0.15, 0.2) is 0 Å². The summed E-state index contributed by atoms with van der Waals surface area (Å²) in [5.74, 6) is 1.08. The van der Waals surface area contributed by atoms with Gasteiger partial charge in [0.2, 0.25) is 0 Å². The van der Waals surface area contributed by atoms with E-state index in [9.17, 15) is 9.59 Å². The van der Waals surface area contributed by atoms with Gasteiger partial charge in [-0.2, -0.15) is 0 Å². The fraction of sp³-hybridized carbons (Fsp3) is 0.708. The van der Waals surface area contributed by atoms with Crippen molar-refractivity contribution in [2.75, 3.05) is 17.6 Å². The molecule has 0 radical (unpaired) electrons. The van der Waals surface area contributed by atoms with E-state index in [0.717, 1.165) is 37.2 Å². The molecule has 6 heteroatoms. The number of nitrogens with one attached hydrogen (secondary N) is 1. The molecular formula is C24H38N4O2. The average Bonchev–Trinajstić information content (AvgIpc) is 2.69. The predicted molar refractivity (Wildman–Crippen MR) is 121 cm³/mol. The topological polar surface area (TPSA) is 88.3 Å². The lowest BCUT2D eigenvalue weighted by molar-refractivity contribution is -0.148. The number of pyridine rings is 1. The fourth-order valence-corrected chi connectivity index (χ4v) is 5.24. The molecule has 1 aliphatic heterocycles. The van der Waals surface area contributed by atoms with Crippen LogP contribution in [0.1, 0.15) is 71.8 Å². The molecule has 3 N–H and O–H groups in total. The van der Waals surface area contributed by atoms with Crippen molar-refractivity contribution in [2.45, 2.75) is 79.2 Å². The molecule has 1 aliphatic carbocycles. The fourth-order valence-electron chi connectivity index (χ4n) is 5.24. The van der Waals surface area contributed by atoms with E-state index in [1.807, 2.05) is 11.8 Å². The van der Waals surface area contributed by atoms with Crippen molar-refractivity contribution in [3.63, 3.8) is 0 Å². The minimum Gasteiger partial charge on any atom is -0.383 e. The van der Waals surface area contributed by atoms with E-state index in [2.05, 4.69) is 38.0 Å². The molecule has 2 heterocycles. The van der Waals surface area contributed by atoms with Gasteiger partial charge in [0, 0.05) is 12.6 Å². The third-order valence-corrected chi connectivity index (χ3v) is 7.24. The number of hydrogen-bond acceptors (Lipinski definition) is 4. The van der Waals surface area contributed by atoms with Gasteiger partial charge in [0.25, 0.3) is 0 Å². The molecule has 2 amide bonds. The highest BCUT2D eigenvalue weighted by Gasteiger charge is 2.40. The molecule has 2 aliphatic rings. The van der Waals surface area contributed by atoms with Crippen LogP contribution in [0.5, 0.6) is 0 Å². The maximum Gasteiger partial charge on any atom is 0.313 e. The lowest BCUT2D eigenvalue weighted by atomic mass is 9.67. The number of carbonyl (C=O) groups excluding carboxylic acids is 2. The van der Waals surface area contributed by atoms with Gasteiger partial charge in [-0.25, -0.2) is 4.98 Å². The first-order valence-electron chi connectivity index (χ1n) is 11.4. The summed E-state index contributed by atoms with van der Waals surface area (Å²) >= 11 is 0. The summed E-state index contributed by atoms with van der Waals surface area (Å²) in [5, 5.41) is 2.72. The van der Waals surface area contributed by atoms with Gasteiger partial charge in [-0.3, -0.25) is 9.59 Å². The molecule has 30 heavy (non-hydrogen) atoms. The molecule has 2 fully saturated rings. The molecule has 0 bridgehead atoms. The standard InChI is InChI=1S/C24H38N4O2/c1-15-6-11-20(17-7-9-18(10-8-17)24(3,4)5)28(14-15)23(30)22(29)27-19-12-16(2)21(25)26-13-19/h12-13,15,17-18,20H,6-11,14H2,1-5H3,(H2,25,26)(H,27,29)/t15-,17-,18-,20+/m1/s1. The van der Waals surface area contributed by atoms with Crippen molar-refractivity contribution in [1.82, 2.24) is 9.88 Å². The Labute approximate surface area is 181 Å². The molecule has 1 saturated carbocycles. The highest BCUT2D eigenvalue weighted by Crippen LogP contribution is 2.43. The first kappa shape index (κ1) is 22.6. The third kappa shape index (κ3) is 5.13. The largest absolute Gasteiger partial charge is 0.383 e.